The van der Waals surface area contributed by atoms with Crippen LogP contribution in [0.15, 0.2) is 83.0 Å². The molecule has 33 heavy (non-hydrogen) atoms. The van der Waals surface area contributed by atoms with Crippen molar-refractivity contribution in [1.29, 1.82) is 0 Å². The third-order valence-electron chi connectivity index (χ3n) is 5.68. The van der Waals surface area contributed by atoms with Crippen LogP contribution in [0.1, 0.15) is 13.8 Å². The summed E-state index contributed by atoms with van der Waals surface area (Å²) in [7, 11) is 0. The molecule has 0 radical (unpaired) electrons. The SMILES string of the molecule is CCN(CC)CCNc1ccc(N=Nc2cccc3c(O)cccc23)c2ccccc12.Cl.Cl. The van der Waals surface area contributed by atoms with Crippen LogP contribution in [-0.4, -0.2) is 36.2 Å². The van der Waals surface area contributed by atoms with Crippen molar-refractivity contribution in [3.63, 3.8) is 0 Å². The molecule has 4 aromatic carbocycles. The number of hydrogen-bond acceptors (Lipinski definition) is 5. The Hall–Kier alpha value is -2.86. The van der Waals surface area contributed by atoms with Gasteiger partial charge in [0.15, 0.2) is 0 Å². The zero-order chi connectivity index (χ0) is 21.6. The molecular weight excluding hydrogens is 455 g/mol. The van der Waals surface area contributed by atoms with E-state index in [1.54, 1.807) is 6.07 Å². The quantitative estimate of drug-likeness (QED) is 0.251. The molecule has 5 nitrogen and oxygen atoms in total. The second kappa shape index (κ2) is 12.4. The summed E-state index contributed by atoms with van der Waals surface area (Å²) in [5, 5.41) is 26.6. The Bertz CT molecular complexity index is 1230. The number of hydrogen-bond donors (Lipinski definition) is 2. The standard InChI is InChI=1S/C26H28N4O.2ClH/c1-3-30(4-2)18-17-27-23-15-16-25(20-10-6-5-9-19(20)23)29-28-24-13-7-12-22-21(24)11-8-14-26(22)31;;/h5-16,27,31H,3-4,17-18H2,1-2H3;2*1H. The van der Waals surface area contributed by atoms with Crippen LogP contribution < -0.4 is 5.32 Å². The van der Waals surface area contributed by atoms with Gasteiger partial charge < -0.3 is 15.3 Å². The molecule has 0 unspecified atom stereocenters. The molecule has 0 atom stereocenters. The van der Waals surface area contributed by atoms with Crippen molar-refractivity contribution in [2.75, 3.05) is 31.5 Å². The topological polar surface area (TPSA) is 60.2 Å². The molecule has 0 bridgehead atoms. The van der Waals surface area contributed by atoms with Crippen molar-refractivity contribution in [2.24, 2.45) is 10.2 Å². The smallest absolute Gasteiger partial charge is 0.123 e. The van der Waals surface area contributed by atoms with Gasteiger partial charge in [-0.05, 0) is 37.4 Å². The van der Waals surface area contributed by atoms with Crippen LogP contribution in [0.25, 0.3) is 21.5 Å². The summed E-state index contributed by atoms with van der Waals surface area (Å²) in [4.78, 5) is 2.40. The summed E-state index contributed by atoms with van der Waals surface area (Å²) in [6, 6.07) is 23.5. The van der Waals surface area contributed by atoms with E-state index >= 15 is 0 Å². The van der Waals surface area contributed by atoms with E-state index in [0.29, 0.717) is 0 Å². The Labute approximate surface area is 207 Å². The number of nitrogens with one attached hydrogen (secondary N) is 1. The average Bonchev–Trinajstić information content (AvgIpc) is 2.81. The van der Waals surface area contributed by atoms with Crippen molar-refractivity contribution >= 4 is 63.4 Å². The highest BCUT2D eigenvalue weighted by Gasteiger charge is 2.07. The number of benzene rings is 4. The van der Waals surface area contributed by atoms with Gasteiger partial charge >= 0.3 is 0 Å². The van der Waals surface area contributed by atoms with Gasteiger partial charge in [0.05, 0.1) is 11.4 Å². The molecule has 4 rings (SSSR count). The number of rotatable bonds is 8. The van der Waals surface area contributed by atoms with Gasteiger partial charge in [-0.25, -0.2) is 0 Å². The minimum atomic E-state index is 0. The monoisotopic (exact) mass is 484 g/mol. The maximum absolute atomic E-state index is 10.1. The molecule has 0 spiro atoms. The minimum absolute atomic E-state index is 0. The number of nitrogens with zero attached hydrogens (tertiary/aromatic N) is 3. The molecule has 0 saturated carbocycles. The average molecular weight is 485 g/mol. The van der Waals surface area contributed by atoms with Crippen molar-refractivity contribution in [3.05, 3.63) is 72.8 Å². The third-order valence-corrected chi connectivity index (χ3v) is 5.68. The lowest BCUT2D eigenvalue weighted by Crippen LogP contribution is -2.28. The van der Waals surface area contributed by atoms with Crippen LogP contribution in [0.3, 0.4) is 0 Å². The second-order valence-electron chi connectivity index (χ2n) is 7.48. The lowest BCUT2D eigenvalue weighted by molar-refractivity contribution is 0.316. The summed E-state index contributed by atoms with van der Waals surface area (Å²) in [5.41, 5.74) is 2.66. The number of phenolic OH excluding ortho intramolecular Hbond substituents is 1. The molecule has 174 valence electrons. The zero-order valence-electron chi connectivity index (χ0n) is 18.9. The molecular formula is C26H30Cl2N4O. The van der Waals surface area contributed by atoms with Crippen LogP contribution in [0.4, 0.5) is 17.1 Å². The van der Waals surface area contributed by atoms with Gasteiger partial charge in [0.25, 0.3) is 0 Å². The van der Waals surface area contributed by atoms with E-state index in [1.165, 1.54) is 0 Å². The highest BCUT2D eigenvalue weighted by atomic mass is 35.5. The van der Waals surface area contributed by atoms with E-state index in [9.17, 15) is 5.11 Å². The molecule has 7 heteroatoms. The van der Waals surface area contributed by atoms with Crippen molar-refractivity contribution in [3.8, 4) is 5.75 Å². The molecule has 2 N–H and O–H groups in total. The molecule has 0 aliphatic carbocycles. The molecule has 0 aliphatic rings. The van der Waals surface area contributed by atoms with Gasteiger partial charge in [0.2, 0.25) is 0 Å². The Morgan fingerprint density at radius 3 is 2.00 bits per heavy atom. The van der Waals surface area contributed by atoms with Gasteiger partial charge in [-0.1, -0.05) is 62.4 Å². The van der Waals surface area contributed by atoms with Gasteiger partial charge in [0.1, 0.15) is 5.75 Å². The maximum atomic E-state index is 10.1. The van der Waals surface area contributed by atoms with E-state index in [0.717, 1.165) is 64.8 Å². The van der Waals surface area contributed by atoms with Crippen molar-refractivity contribution in [2.45, 2.75) is 13.8 Å². The van der Waals surface area contributed by atoms with E-state index < -0.39 is 0 Å². The van der Waals surface area contributed by atoms with Crippen LogP contribution in [0, 0.1) is 0 Å². The number of phenols is 1. The van der Waals surface area contributed by atoms with Crippen molar-refractivity contribution < 1.29 is 5.11 Å². The summed E-state index contributed by atoms with van der Waals surface area (Å²) in [6.07, 6.45) is 0. The summed E-state index contributed by atoms with van der Waals surface area (Å²) >= 11 is 0. The maximum Gasteiger partial charge on any atom is 0.123 e. The predicted molar refractivity (Wildman–Crippen MR) is 145 cm³/mol. The number of aromatic hydroxyl groups is 1. The molecule has 0 heterocycles. The lowest BCUT2D eigenvalue weighted by atomic mass is 10.1. The van der Waals surface area contributed by atoms with E-state index in [2.05, 4.69) is 52.5 Å². The number of anilines is 1. The first kappa shape index (κ1) is 26.4. The number of likely N-dealkylation sites (N-methyl/N-ethyl adjacent to an activating group) is 1. The van der Waals surface area contributed by atoms with Gasteiger partial charge in [-0.3, -0.25) is 0 Å². The Balaban J connectivity index is 0.00000193. The zero-order valence-corrected chi connectivity index (χ0v) is 20.5. The van der Waals surface area contributed by atoms with E-state index in [4.69, 9.17) is 0 Å². The Morgan fingerprint density at radius 2 is 1.27 bits per heavy atom. The van der Waals surface area contributed by atoms with Crippen LogP contribution in [-0.2, 0) is 0 Å². The lowest BCUT2D eigenvalue weighted by Gasteiger charge is -2.19. The molecule has 4 aromatic rings. The minimum Gasteiger partial charge on any atom is -0.507 e. The normalized spacial score (nSPS) is 11.0. The summed E-state index contributed by atoms with van der Waals surface area (Å²) in [6.45, 7) is 8.41. The predicted octanol–water partition coefficient (Wildman–Crippen LogP) is 7.71. The molecule has 0 aromatic heterocycles. The van der Waals surface area contributed by atoms with Crippen LogP contribution in [0.2, 0.25) is 0 Å². The highest BCUT2D eigenvalue weighted by molar-refractivity contribution is 6.01. The molecule has 0 amide bonds. The summed E-state index contributed by atoms with van der Waals surface area (Å²) in [5.74, 6) is 0.250. The molecule has 0 aliphatic heterocycles. The first-order valence-corrected chi connectivity index (χ1v) is 10.8. The first-order chi connectivity index (χ1) is 15.2. The fourth-order valence-corrected chi connectivity index (χ4v) is 3.88. The van der Waals surface area contributed by atoms with Gasteiger partial charge in [0, 0.05) is 40.3 Å². The fraction of sp³-hybridized carbons (Fsp3) is 0.231. The van der Waals surface area contributed by atoms with Crippen LogP contribution in [0.5, 0.6) is 5.75 Å². The Kier molecular flexibility index (Phi) is 9.92. The fourth-order valence-electron chi connectivity index (χ4n) is 3.88. The first-order valence-electron chi connectivity index (χ1n) is 10.8. The third kappa shape index (κ3) is 5.93. The van der Waals surface area contributed by atoms with Gasteiger partial charge in [-0.15, -0.1) is 35.0 Å². The highest BCUT2D eigenvalue weighted by Crippen LogP contribution is 2.35. The van der Waals surface area contributed by atoms with Crippen LogP contribution >= 0.6 is 24.8 Å². The molecule has 0 fully saturated rings. The Morgan fingerprint density at radius 1 is 0.697 bits per heavy atom. The number of halogens is 2. The van der Waals surface area contributed by atoms with Gasteiger partial charge in [-0.2, -0.15) is 0 Å². The van der Waals surface area contributed by atoms with E-state index in [1.807, 2.05) is 48.5 Å². The molecule has 0 saturated heterocycles. The van der Waals surface area contributed by atoms with Crippen molar-refractivity contribution in [1.82, 2.24) is 4.90 Å². The number of fused-ring (bicyclic) bond motifs is 2. The van der Waals surface area contributed by atoms with E-state index in [-0.39, 0.29) is 30.6 Å². The largest absolute Gasteiger partial charge is 0.507 e. The summed E-state index contributed by atoms with van der Waals surface area (Å²) < 4.78 is 0. The number of azo groups is 1. The second-order valence-corrected chi connectivity index (χ2v) is 7.48.